The van der Waals surface area contributed by atoms with Gasteiger partial charge in [0.2, 0.25) is 0 Å². The second-order valence-electron chi connectivity index (χ2n) is 4.96. The van der Waals surface area contributed by atoms with Gasteiger partial charge in [-0.1, -0.05) is 13.8 Å². The van der Waals surface area contributed by atoms with Crippen LogP contribution in [0.1, 0.15) is 20.8 Å². The Hall–Kier alpha value is -1.10. The number of methoxy groups -OCH3 is 2. The number of ether oxygens (including phenoxy) is 2. The normalized spacial score (nSPS) is 36.1. The molecule has 0 aromatic rings. The number of hydrogen-bond donors (Lipinski definition) is 1. The summed E-state index contributed by atoms with van der Waals surface area (Å²) < 4.78 is 9.27. The molecule has 0 spiro atoms. The zero-order valence-corrected chi connectivity index (χ0v) is 10.2. The lowest BCUT2D eigenvalue weighted by Crippen LogP contribution is -2.71. The van der Waals surface area contributed by atoms with E-state index in [-0.39, 0.29) is 0 Å². The minimum atomic E-state index is -1.41. The van der Waals surface area contributed by atoms with E-state index in [0.29, 0.717) is 0 Å². The maximum absolute atomic E-state index is 11.5. The second-order valence-corrected chi connectivity index (χ2v) is 4.96. The Balaban J connectivity index is 3.03. The molecule has 0 aromatic carbocycles. The molecule has 16 heavy (non-hydrogen) atoms. The molecule has 0 radical (unpaired) electrons. The smallest absolute Gasteiger partial charge is 0.312 e. The van der Waals surface area contributed by atoms with Crippen LogP contribution in [-0.4, -0.2) is 36.9 Å². The molecule has 0 aromatic heterocycles. The molecule has 1 N–H and O–H groups in total. The maximum atomic E-state index is 11.5. The number of carbonyl (C=O) groups is 2. The van der Waals surface area contributed by atoms with Crippen LogP contribution in [0.5, 0.6) is 0 Å². The average molecular weight is 230 g/mol. The zero-order chi connectivity index (χ0) is 12.7. The van der Waals surface area contributed by atoms with Crippen molar-refractivity contribution < 1.29 is 24.2 Å². The predicted octanol–water partition coefficient (Wildman–Crippen LogP) is 0.356. The summed E-state index contributed by atoms with van der Waals surface area (Å²) >= 11 is 0. The van der Waals surface area contributed by atoms with Gasteiger partial charge in [-0.05, 0) is 12.3 Å². The molecule has 1 aliphatic rings. The van der Waals surface area contributed by atoms with Crippen LogP contribution in [-0.2, 0) is 19.1 Å². The predicted molar refractivity (Wildman–Crippen MR) is 55.4 cm³/mol. The van der Waals surface area contributed by atoms with Gasteiger partial charge in [-0.3, -0.25) is 9.59 Å². The van der Waals surface area contributed by atoms with Gasteiger partial charge in [0, 0.05) is 0 Å². The van der Waals surface area contributed by atoms with E-state index in [1.165, 1.54) is 21.1 Å². The van der Waals surface area contributed by atoms with Crippen LogP contribution >= 0.6 is 0 Å². The van der Waals surface area contributed by atoms with Gasteiger partial charge < -0.3 is 14.6 Å². The minimum absolute atomic E-state index is 0.504. The fourth-order valence-electron chi connectivity index (χ4n) is 3.06. The molecule has 0 aliphatic heterocycles. The van der Waals surface area contributed by atoms with Gasteiger partial charge in [0.1, 0.15) is 0 Å². The van der Waals surface area contributed by atoms with Crippen molar-refractivity contribution in [3.63, 3.8) is 0 Å². The van der Waals surface area contributed by atoms with Crippen molar-refractivity contribution in [2.24, 2.45) is 17.3 Å². The lowest BCUT2D eigenvalue weighted by atomic mass is 9.46. The van der Waals surface area contributed by atoms with E-state index in [4.69, 9.17) is 0 Å². The van der Waals surface area contributed by atoms with Crippen LogP contribution in [0.2, 0.25) is 0 Å². The van der Waals surface area contributed by atoms with Gasteiger partial charge in [0.15, 0.2) is 0 Å². The van der Waals surface area contributed by atoms with Crippen LogP contribution < -0.4 is 0 Å². The van der Waals surface area contributed by atoms with Crippen LogP contribution in [0, 0.1) is 17.3 Å². The monoisotopic (exact) mass is 230 g/mol. The molecule has 1 aliphatic carbocycles. The van der Waals surface area contributed by atoms with Gasteiger partial charge in [-0.25, -0.2) is 0 Å². The van der Waals surface area contributed by atoms with E-state index in [0.717, 1.165) is 0 Å². The Bertz CT molecular complexity index is 274. The van der Waals surface area contributed by atoms with Crippen LogP contribution in [0.25, 0.3) is 0 Å². The number of carbonyl (C=O) groups excluding carboxylic acids is 2. The maximum Gasteiger partial charge on any atom is 0.312 e. The number of aliphatic hydroxyl groups is 1. The van der Waals surface area contributed by atoms with Crippen molar-refractivity contribution in [2.45, 2.75) is 26.4 Å². The standard InChI is InChI=1S/C11H18O5/c1-10(2)6(8(12)15-4)11(3,14)7(10)9(13)16-5/h6-7,14H,1-5H3. The second kappa shape index (κ2) is 3.73. The summed E-state index contributed by atoms with van der Waals surface area (Å²) in [5, 5.41) is 10.2. The number of esters is 2. The van der Waals surface area contributed by atoms with Crippen molar-refractivity contribution >= 4 is 11.9 Å². The lowest BCUT2D eigenvalue weighted by molar-refractivity contribution is -0.241. The molecule has 0 heterocycles. The van der Waals surface area contributed by atoms with Crippen LogP contribution in [0.3, 0.4) is 0 Å². The topological polar surface area (TPSA) is 72.8 Å². The Labute approximate surface area is 94.7 Å². The van der Waals surface area contributed by atoms with Crippen LogP contribution in [0.4, 0.5) is 0 Å². The summed E-state index contributed by atoms with van der Waals surface area (Å²) in [6.45, 7) is 4.95. The van der Waals surface area contributed by atoms with Crippen LogP contribution in [0.15, 0.2) is 0 Å². The molecular formula is C11H18O5. The molecule has 0 bridgehead atoms. The van der Waals surface area contributed by atoms with Crippen molar-refractivity contribution in [3.8, 4) is 0 Å². The fraction of sp³-hybridized carbons (Fsp3) is 0.818. The highest BCUT2D eigenvalue weighted by molar-refractivity contribution is 5.84. The molecule has 92 valence electrons. The first kappa shape index (κ1) is 13.0. The molecule has 1 fully saturated rings. The van der Waals surface area contributed by atoms with Gasteiger partial charge in [0.25, 0.3) is 0 Å². The summed E-state index contributed by atoms with van der Waals surface area (Å²) in [4.78, 5) is 23.1. The molecule has 1 saturated carbocycles. The van der Waals surface area contributed by atoms with E-state index in [2.05, 4.69) is 9.47 Å². The van der Waals surface area contributed by atoms with Gasteiger partial charge in [0.05, 0.1) is 31.7 Å². The molecule has 0 amide bonds. The van der Waals surface area contributed by atoms with E-state index < -0.39 is 34.8 Å². The Kier molecular flexibility index (Phi) is 3.02. The Morgan fingerprint density at radius 2 is 1.31 bits per heavy atom. The van der Waals surface area contributed by atoms with Crippen molar-refractivity contribution in [2.75, 3.05) is 14.2 Å². The quantitative estimate of drug-likeness (QED) is 0.693. The molecular weight excluding hydrogens is 212 g/mol. The Morgan fingerprint density at radius 3 is 1.50 bits per heavy atom. The molecule has 0 saturated heterocycles. The fourth-order valence-corrected chi connectivity index (χ4v) is 3.06. The average Bonchev–Trinajstić information content (AvgIpc) is 2.15. The highest BCUT2D eigenvalue weighted by atomic mass is 16.5. The largest absolute Gasteiger partial charge is 0.469 e. The first-order valence-electron chi connectivity index (χ1n) is 5.09. The van der Waals surface area contributed by atoms with E-state index >= 15 is 0 Å². The third-order valence-electron chi connectivity index (χ3n) is 3.53. The molecule has 5 nitrogen and oxygen atoms in total. The van der Waals surface area contributed by atoms with E-state index in [1.807, 2.05) is 0 Å². The van der Waals surface area contributed by atoms with Gasteiger partial charge in [-0.15, -0.1) is 0 Å². The summed E-state index contributed by atoms with van der Waals surface area (Å²) in [6.07, 6.45) is 0. The highest BCUT2D eigenvalue weighted by Crippen LogP contribution is 2.58. The summed E-state index contributed by atoms with van der Waals surface area (Å²) in [5.41, 5.74) is -2.08. The minimum Gasteiger partial charge on any atom is -0.469 e. The first-order chi connectivity index (χ1) is 7.21. The molecule has 5 heteroatoms. The van der Waals surface area contributed by atoms with E-state index in [1.54, 1.807) is 13.8 Å². The number of rotatable bonds is 2. The zero-order valence-electron chi connectivity index (χ0n) is 10.2. The Morgan fingerprint density at radius 1 is 1.00 bits per heavy atom. The van der Waals surface area contributed by atoms with Crippen molar-refractivity contribution in [1.82, 2.24) is 0 Å². The molecule has 2 atom stereocenters. The lowest BCUT2D eigenvalue weighted by Gasteiger charge is -2.59. The first-order valence-corrected chi connectivity index (χ1v) is 5.09. The molecule has 1 rings (SSSR count). The summed E-state index contributed by atoms with van der Waals surface area (Å²) in [6, 6.07) is 0. The third-order valence-corrected chi connectivity index (χ3v) is 3.53. The number of hydrogen-bond acceptors (Lipinski definition) is 5. The SMILES string of the molecule is COC(=O)C1C(C)(C)C(C(=O)OC)C1(C)O. The van der Waals surface area contributed by atoms with Gasteiger partial charge >= 0.3 is 11.9 Å². The summed E-state index contributed by atoms with van der Waals surface area (Å²) in [7, 11) is 2.53. The molecule has 2 unspecified atom stereocenters. The van der Waals surface area contributed by atoms with Crippen molar-refractivity contribution in [3.05, 3.63) is 0 Å². The van der Waals surface area contributed by atoms with E-state index in [9.17, 15) is 14.7 Å². The third kappa shape index (κ3) is 1.50. The van der Waals surface area contributed by atoms with Crippen molar-refractivity contribution in [1.29, 1.82) is 0 Å². The summed E-state index contributed by atoms with van der Waals surface area (Å²) in [5.74, 6) is -2.44. The highest BCUT2D eigenvalue weighted by Gasteiger charge is 2.70. The van der Waals surface area contributed by atoms with Gasteiger partial charge in [-0.2, -0.15) is 0 Å².